The van der Waals surface area contributed by atoms with Crippen LogP contribution in [0.3, 0.4) is 0 Å². The number of carbonyl (C=O) groups excluding carboxylic acids is 1. The van der Waals surface area contributed by atoms with Gasteiger partial charge < -0.3 is 10.1 Å². The number of methoxy groups -OCH3 is 1. The van der Waals surface area contributed by atoms with Gasteiger partial charge in [-0.2, -0.15) is 0 Å². The van der Waals surface area contributed by atoms with E-state index in [1.165, 1.54) is 13.2 Å². The van der Waals surface area contributed by atoms with E-state index < -0.39 is 11.0 Å². The molecule has 0 spiro atoms. The van der Waals surface area contributed by atoms with Crippen LogP contribution in [0.1, 0.15) is 19.4 Å². The van der Waals surface area contributed by atoms with Crippen LogP contribution in [0.15, 0.2) is 11.4 Å². The van der Waals surface area contributed by atoms with Gasteiger partial charge in [0.2, 0.25) is 0 Å². The molecule has 100 valence electrons. The Morgan fingerprint density at radius 2 is 2.28 bits per heavy atom. The van der Waals surface area contributed by atoms with E-state index in [-0.39, 0.29) is 16.9 Å². The number of esters is 1. The fourth-order valence-corrected chi connectivity index (χ4v) is 2.23. The van der Waals surface area contributed by atoms with E-state index >= 15 is 0 Å². The Morgan fingerprint density at radius 1 is 1.61 bits per heavy atom. The number of nitrogens with one attached hydrogen (secondary N) is 1. The molecule has 7 heteroatoms. The number of hydrogen-bond donors (Lipinski definition) is 1. The summed E-state index contributed by atoms with van der Waals surface area (Å²) in [6.45, 7) is 4.22. The van der Waals surface area contributed by atoms with Crippen LogP contribution in [0.5, 0.6) is 0 Å². The minimum absolute atomic E-state index is 0.0890. The summed E-state index contributed by atoms with van der Waals surface area (Å²) in [5.74, 6) is -0.235. The lowest BCUT2D eigenvalue weighted by Crippen LogP contribution is -2.41. The highest BCUT2D eigenvalue weighted by Gasteiger charge is 2.22. The van der Waals surface area contributed by atoms with Gasteiger partial charge in [-0.15, -0.1) is 0 Å². The average molecular weight is 272 g/mol. The van der Waals surface area contributed by atoms with E-state index in [1.54, 1.807) is 5.38 Å². The van der Waals surface area contributed by atoms with Gasteiger partial charge in [0.1, 0.15) is 6.04 Å². The quantitative estimate of drug-likeness (QED) is 0.486. The Morgan fingerprint density at radius 3 is 2.72 bits per heavy atom. The van der Waals surface area contributed by atoms with E-state index in [1.807, 2.05) is 13.8 Å². The second-order valence-electron chi connectivity index (χ2n) is 4.18. The maximum atomic E-state index is 11.5. The van der Waals surface area contributed by atoms with Gasteiger partial charge in [0, 0.05) is 18.0 Å². The van der Waals surface area contributed by atoms with Crippen LogP contribution in [-0.2, 0) is 16.1 Å². The van der Waals surface area contributed by atoms with Crippen LogP contribution in [0, 0.1) is 16.0 Å². The van der Waals surface area contributed by atoms with Crippen LogP contribution in [0.4, 0.5) is 5.00 Å². The van der Waals surface area contributed by atoms with Gasteiger partial charge in [0.05, 0.1) is 12.0 Å². The van der Waals surface area contributed by atoms with E-state index in [4.69, 9.17) is 4.74 Å². The van der Waals surface area contributed by atoms with Crippen LogP contribution < -0.4 is 5.32 Å². The molecule has 6 nitrogen and oxygen atoms in total. The van der Waals surface area contributed by atoms with Crippen molar-refractivity contribution >= 4 is 22.3 Å². The maximum Gasteiger partial charge on any atom is 0.324 e. The minimum atomic E-state index is -0.422. The molecule has 0 bridgehead atoms. The topological polar surface area (TPSA) is 81.5 Å². The van der Waals surface area contributed by atoms with Gasteiger partial charge in [-0.1, -0.05) is 25.2 Å². The predicted octanol–water partition coefficient (Wildman–Crippen LogP) is 1.94. The molecular formula is C11H16N2O4S. The Kier molecular flexibility index (Phi) is 5.24. The lowest BCUT2D eigenvalue weighted by atomic mass is 10.0. The Balaban J connectivity index is 2.61. The van der Waals surface area contributed by atoms with E-state index in [2.05, 4.69) is 5.32 Å². The lowest BCUT2D eigenvalue weighted by Gasteiger charge is -2.19. The van der Waals surface area contributed by atoms with Crippen molar-refractivity contribution in [2.24, 2.45) is 5.92 Å². The van der Waals surface area contributed by atoms with Crippen LogP contribution in [-0.4, -0.2) is 24.0 Å². The molecule has 0 fully saturated rings. The number of rotatable bonds is 6. The Labute approximate surface area is 109 Å². The van der Waals surface area contributed by atoms with Crippen molar-refractivity contribution in [1.29, 1.82) is 0 Å². The van der Waals surface area contributed by atoms with E-state index in [9.17, 15) is 14.9 Å². The first-order valence-electron chi connectivity index (χ1n) is 5.48. The molecule has 1 atom stereocenters. The van der Waals surface area contributed by atoms with Gasteiger partial charge in [0.25, 0.3) is 0 Å². The Hall–Kier alpha value is -1.47. The number of nitrogens with zero attached hydrogens (tertiary/aromatic N) is 1. The van der Waals surface area contributed by atoms with Gasteiger partial charge >= 0.3 is 11.0 Å². The standard InChI is InChI=1S/C11H16N2O4S/c1-7(2)10(11(14)17-3)12-5-8-4-9(13(15)16)18-6-8/h4,6-7,10,12H,5H2,1-3H3. The summed E-state index contributed by atoms with van der Waals surface area (Å²) in [6.07, 6.45) is 0. The molecule has 0 aliphatic rings. The number of nitro groups is 1. The lowest BCUT2D eigenvalue weighted by molar-refractivity contribution is -0.380. The number of hydrogen-bond acceptors (Lipinski definition) is 6. The zero-order valence-corrected chi connectivity index (χ0v) is 11.3. The molecular weight excluding hydrogens is 256 g/mol. The number of carbonyl (C=O) groups is 1. The van der Waals surface area contributed by atoms with Crippen molar-refractivity contribution in [3.63, 3.8) is 0 Å². The largest absolute Gasteiger partial charge is 0.468 e. The van der Waals surface area contributed by atoms with Gasteiger partial charge in [0.15, 0.2) is 0 Å². The SMILES string of the molecule is COC(=O)C(NCc1csc([N+](=O)[O-])c1)C(C)C. The van der Waals surface area contributed by atoms with Crippen molar-refractivity contribution in [1.82, 2.24) is 5.32 Å². The van der Waals surface area contributed by atoms with Crippen molar-refractivity contribution in [2.45, 2.75) is 26.4 Å². The van der Waals surface area contributed by atoms with E-state index in [0.717, 1.165) is 16.9 Å². The molecule has 0 aliphatic heterocycles. The molecule has 1 rings (SSSR count). The third-order valence-corrected chi connectivity index (χ3v) is 3.40. The molecule has 0 saturated heterocycles. The Bertz CT molecular complexity index is 430. The first kappa shape index (κ1) is 14.6. The molecule has 0 saturated carbocycles. The summed E-state index contributed by atoms with van der Waals surface area (Å²) in [4.78, 5) is 21.6. The second kappa shape index (κ2) is 6.46. The molecule has 0 radical (unpaired) electrons. The third-order valence-electron chi connectivity index (χ3n) is 2.47. The van der Waals surface area contributed by atoms with Crippen LogP contribution in [0.25, 0.3) is 0 Å². The van der Waals surface area contributed by atoms with Crippen molar-refractivity contribution in [3.8, 4) is 0 Å². The molecule has 1 aromatic rings. The van der Waals surface area contributed by atoms with E-state index in [0.29, 0.717) is 6.54 Å². The number of thiophene rings is 1. The highest BCUT2D eigenvalue weighted by atomic mass is 32.1. The van der Waals surface area contributed by atoms with Crippen molar-refractivity contribution in [2.75, 3.05) is 7.11 Å². The zero-order valence-electron chi connectivity index (χ0n) is 10.5. The number of ether oxygens (including phenoxy) is 1. The van der Waals surface area contributed by atoms with Gasteiger partial charge in [-0.25, -0.2) is 0 Å². The highest BCUT2D eigenvalue weighted by molar-refractivity contribution is 7.13. The maximum absolute atomic E-state index is 11.5. The van der Waals surface area contributed by atoms with Gasteiger partial charge in [-0.3, -0.25) is 14.9 Å². The summed E-state index contributed by atoms with van der Waals surface area (Å²) in [6, 6.07) is 1.10. The zero-order chi connectivity index (χ0) is 13.7. The molecule has 1 heterocycles. The van der Waals surface area contributed by atoms with Gasteiger partial charge in [-0.05, 0) is 11.5 Å². The molecule has 1 unspecified atom stereocenters. The summed E-state index contributed by atoms with van der Waals surface area (Å²) in [7, 11) is 1.34. The highest BCUT2D eigenvalue weighted by Crippen LogP contribution is 2.22. The summed E-state index contributed by atoms with van der Waals surface area (Å²) in [5.41, 5.74) is 0.793. The molecule has 0 aromatic carbocycles. The van der Waals surface area contributed by atoms with Crippen molar-refractivity contribution in [3.05, 3.63) is 27.1 Å². The molecule has 0 amide bonds. The predicted molar refractivity (Wildman–Crippen MR) is 68.5 cm³/mol. The second-order valence-corrected chi connectivity index (χ2v) is 5.07. The molecule has 0 aliphatic carbocycles. The van der Waals surface area contributed by atoms with Crippen LogP contribution >= 0.6 is 11.3 Å². The summed E-state index contributed by atoms with van der Waals surface area (Å²) >= 11 is 1.08. The first-order valence-corrected chi connectivity index (χ1v) is 6.36. The fraction of sp³-hybridized carbons (Fsp3) is 0.545. The molecule has 1 aromatic heterocycles. The summed E-state index contributed by atoms with van der Waals surface area (Å²) in [5, 5.41) is 15.4. The third kappa shape index (κ3) is 3.78. The summed E-state index contributed by atoms with van der Waals surface area (Å²) < 4.78 is 4.70. The van der Waals surface area contributed by atoms with Crippen LogP contribution in [0.2, 0.25) is 0 Å². The molecule has 18 heavy (non-hydrogen) atoms. The minimum Gasteiger partial charge on any atom is -0.468 e. The molecule has 1 N–H and O–H groups in total. The monoisotopic (exact) mass is 272 g/mol. The smallest absolute Gasteiger partial charge is 0.324 e. The van der Waals surface area contributed by atoms with Crippen molar-refractivity contribution < 1.29 is 14.5 Å². The first-order chi connectivity index (χ1) is 8.45. The average Bonchev–Trinajstić information content (AvgIpc) is 2.77. The fourth-order valence-electron chi connectivity index (χ4n) is 1.50. The normalized spacial score (nSPS) is 12.4.